The Kier molecular flexibility index (Phi) is 4.19. The summed E-state index contributed by atoms with van der Waals surface area (Å²) in [4.78, 5) is 10.0. The Bertz CT molecular complexity index is 1580. The van der Waals surface area contributed by atoms with Crippen molar-refractivity contribution >= 4 is 44.2 Å². The van der Waals surface area contributed by atoms with Crippen LogP contribution in [0.4, 0.5) is 0 Å². The van der Waals surface area contributed by atoms with E-state index in [-0.39, 0.29) is 0 Å². The zero-order chi connectivity index (χ0) is 20.8. The fourth-order valence-electron chi connectivity index (χ4n) is 4.26. The van der Waals surface area contributed by atoms with Crippen molar-refractivity contribution in [2.75, 3.05) is 0 Å². The first-order valence-electron chi connectivity index (χ1n) is 10.2. The number of pyridine rings is 2. The van der Waals surface area contributed by atoms with Gasteiger partial charge in [0.2, 0.25) is 0 Å². The summed E-state index contributed by atoms with van der Waals surface area (Å²) in [5, 5.41) is 5.08. The van der Waals surface area contributed by atoms with Crippen molar-refractivity contribution in [3.63, 3.8) is 0 Å². The lowest BCUT2D eigenvalue weighted by atomic mass is 9.96. The minimum atomic E-state index is 0.709. The highest BCUT2D eigenvalue weighted by Crippen LogP contribution is 2.38. The van der Waals surface area contributed by atoms with Crippen LogP contribution in [0.15, 0.2) is 103 Å². The highest BCUT2D eigenvalue weighted by molar-refractivity contribution is 6.32. The maximum absolute atomic E-state index is 6.34. The van der Waals surface area contributed by atoms with Crippen LogP contribution in [-0.4, -0.2) is 9.97 Å². The molecule has 3 heteroatoms. The molecule has 0 atom stereocenters. The van der Waals surface area contributed by atoms with Gasteiger partial charge in [-0.1, -0.05) is 78.3 Å². The number of nitrogens with zero attached hydrogens (tertiary/aromatic N) is 2. The maximum Gasteiger partial charge on any atom is 0.0794 e. The number of benzene rings is 4. The molecule has 0 radical (unpaired) electrons. The number of hydrogen-bond donors (Lipinski definition) is 0. The van der Waals surface area contributed by atoms with Gasteiger partial charge < -0.3 is 0 Å². The van der Waals surface area contributed by atoms with Crippen molar-refractivity contribution in [1.82, 2.24) is 9.97 Å². The van der Waals surface area contributed by atoms with Crippen LogP contribution in [-0.2, 0) is 0 Å². The molecule has 2 heterocycles. The van der Waals surface area contributed by atoms with Crippen LogP contribution in [0.5, 0.6) is 0 Å². The van der Waals surface area contributed by atoms with Crippen LogP contribution >= 0.6 is 11.6 Å². The Morgan fingerprint density at radius 2 is 1.16 bits per heavy atom. The van der Waals surface area contributed by atoms with Crippen molar-refractivity contribution in [3.8, 4) is 22.5 Å². The predicted octanol–water partition coefficient (Wildman–Crippen LogP) is 7.92. The Morgan fingerprint density at radius 3 is 1.94 bits per heavy atom. The summed E-state index contributed by atoms with van der Waals surface area (Å²) < 4.78 is 0. The van der Waals surface area contributed by atoms with Gasteiger partial charge in [-0.3, -0.25) is 0 Å². The average molecular weight is 417 g/mol. The maximum atomic E-state index is 6.34. The molecular weight excluding hydrogens is 400 g/mol. The summed E-state index contributed by atoms with van der Waals surface area (Å²) in [7, 11) is 0. The van der Waals surface area contributed by atoms with Crippen LogP contribution in [0, 0.1) is 0 Å². The van der Waals surface area contributed by atoms with Gasteiger partial charge in [0.05, 0.1) is 22.4 Å². The van der Waals surface area contributed by atoms with E-state index in [1.54, 1.807) is 0 Å². The summed E-state index contributed by atoms with van der Waals surface area (Å²) in [6.45, 7) is 0. The molecule has 6 aromatic rings. The second-order valence-electron chi connectivity index (χ2n) is 7.61. The van der Waals surface area contributed by atoms with E-state index in [1.165, 1.54) is 0 Å². The van der Waals surface area contributed by atoms with Crippen LogP contribution < -0.4 is 0 Å². The summed E-state index contributed by atoms with van der Waals surface area (Å²) in [5.41, 5.74) is 6.01. The van der Waals surface area contributed by atoms with E-state index in [1.807, 2.05) is 54.6 Å². The molecule has 0 aliphatic heterocycles. The van der Waals surface area contributed by atoms with E-state index in [0.29, 0.717) is 5.02 Å². The van der Waals surface area contributed by atoms with E-state index in [4.69, 9.17) is 21.6 Å². The van der Waals surface area contributed by atoms with Gasteiger partial charge in [-0.2, -0.15) is 0 Å². The van der Waals surface area contributed by atoms with Gasteiger partial charge in [0.1, 0.15) is 0 Å². The first-order chi connectivity index (χ1) is 15.3. The summed E-state index contributed by atoms with van der Waals surface area (Å²) >= 11 is 6.34. The topological polar surface area (TPSA) is 25.8 Å². The first-order valence-corrected chi connectivity index (χ1v) is 10.6. The standard InChI is InChI=1S/C28H17ClN2/c29-20-11-14-26-23(17-20)21-12-16-25-22(13-15-24(30-25)18-7-3-1-4-8-18)27(21)28(31-26)19-9-5-2-6-10-19/h1-17H. The lowest BCUT2D eigenvalue weighted by molar-refractivity contribution is 1.40. The molecule has 31 heavy (non-hydrogen) atoms. The van der Waals surface area contributed by atoms with Crippen LogP contribution in [0.25, 0.3) is 55.1 Å². The quantitative estimate of drug-likeness (QED) is 0.268. The monoisotopic (exact) mass is 416 g/mol. The van der Waals surface area contributed by atoms with Crippen molar-refractivity contribution in [1.29, 1.82) is 0 Å². The van der Waals surface area contributed by atoms with Crippen LogP contribution in [0.3, 0.4) is 0 Å². The number of rotatable bonds is 2. The molecule has 0 aliphatic carbocycles. The third-order valence-electron chi connectivity index (χ3n) is 5.71. The molecule has 0 saturated heterocycles. The highest BCUT2D eigenvalue weighted by Gasteiger charge is 2.14. The Morgan fingerprint density at radius 1 is 0.516 bits per heavy atom. The third kappa shape index (κ3) is 3.04. The molecule has 0 unspecified atom stereocenters. The van der Waals surface area contributed by atoms with E-state index >= 15 is 0 Å². The second-order valence-corrected chi connectivity index (χ2v) is 8.04. The molecule has 0 N–H and O–H groups in total. The zero-order valence-corrected chi connectivity index (χ0v) is 17.3. The molecule has 0 saturated carbocycles. The Hall–Kier alpha value is -3.75. The molecule has 0 bridgehead atoms. The predicted molar refractivity (Wildman–Crippen MR) is 130 cm³/mol. The van der Waals surface area contributed by atoms with Crippen molar-refractivity contribution in [2.45, 2.75) is 0 Å². The number of fused-ring (bicyclic) bond motifs is 5. The van der Waals surface area contributed by atoms with Crippen molar-refractivity contribution in [3.05, 3.63) is 108 Å². The SMILES string of the molecule is Clc1ccc2nc(-c3ccccc3)c3c4ccc(-c5ccccc5)nc4ccc3c2c1. The van der Waals surface area contributed by atoms with E-state index in [2.05, 4.69) is 48.5 Å². The summed E-state index contributed by atoms with van der Waals surface area (Å²) in [6, 6.07) is 35.0. The molecule has 146 valence electrons. The molecule has 2 nitrogen and oxygen atoms in total. The largest absolute Gasteiger partial charge is 0.248 e. The average Bonchev–Trinajstić information content (AvgIpc) is 2.84. The van der Waals surface area contributed by atoms with Gasteiger partial charge in [-0.25, -0.2) is 9.97 Å². The first kappa shape index (κ1) is 18.1. The van der Waals surface area contributed by atoms with Gasteiger partial charge in [-0.15, -0.1) is 0 Å². The smallest absolute Gasteiger partial charge is 0.0794 e. The number of halogens is 1. The third-order valence-corrected chi connectivity index (χ3v) is 5.94. The van der Waals surface area contributed by atoms with Crippen molar-refractivity contribution in [2.24, 2.45) is 0 Å². The summed E-state index contributed by atoms with van der Waals surface area (Å²) in [6.07, 6.45) is 0. The Labute approximate surface area is 184 Å². The molecule has 0 spiro atoms. The molecule has 0 amide bonds. The molecular formula is C28H17ClN2. The highest BCUT2D eigenvalue weighted by atomic mass is 35.5. The number of hydrogen-bond acceptors (Lipinski definition) is 2. The molecule has 0 aliphatic rings. The normalized spacial score (nSPS) is 11.4. The van der Waals surface area contributed by atoms with Crippen molar-refractivity contribution < 1.29 is 0 Å². The van der Waals surface area contributed by atoms with Gasteiger partial charge >= 0.3 is 0 Å². The van der Waals surface area contributed by atoms with Gasteiger partial charge in [0.25, 0.3) is 0 Å². The molecule has 2 aromatic heterocycles. The molecule has 6 rings (SSSR count). The lowest BCUT2D eigenvalue weighted by Crippen LogP contribution is -1.93. The molecule has 0 fully saturated rings. The van der Waals surface area contributed by atoms with E-state index in [9.17, 15) is 0 Å². The van der Waals surface area contributed by atoms with Gasteiger partial charge in [0, 0.05) is 32.3 Å². The summed E-state index contributed by atoms with van der Waals surface area (Å²) in [5.74, 6) is 0. The minimum absolute atomic E-state index is 0.709. The fraction of sp³-hybridized carbons (Fsp3) is 0. The zero-order valence-electron chi connectivity index (χ0n) is 16.6. The van der Waals surface area contributed by atoms with E-state index < -0.39 is 0 Å². The van der Waals surface area contributed by atoms with E-state index in [0.717, 1.165) is 55.1 Å². The molecule has 4 aromatic carbocycles. The second kappa shape index (κ2) is 7.19. The Balaban J connectivity index is 1.73. The van der Waals surface area contributed by atoms with Gasteiger partial charge in [0.15, 0.2) is 0 Å². The lowest BCUT2D eigenvalue weighted by Gasteiger charge is -2.13. The fourth-order valence-corrected chi connectivity index (χ4v) is 4.43. The number of aromatic nitrogens is 2. The van der Waals surface area contributed by atoms with Gasteiger partial charge in [-0.05, 0) is 41.8 Å². The van der Waals surface area contributed by atoms with Crippen LogP contribution in [0.1, 0.15) is 0 Å². The van der Waals surface area contributed by atoms with Crippen LogP contribution in [0.2, 0.25) is 5.02 Å². The minimum Gasteiger partial charge on any atom is -0.248 e.